The van der Waals surface area contributed by atoms with E-state index in [9.17, 15) is 0 Å². The first-order chi connectivity index (χ1) is 12.0. The molecule has 2 aromatic carbocycles. The molecular formula is C25H40. The molecule has 0 spiro atoms. The van der Waals surface area contributed by atoms with Crippen LogP contribution in [-0.4, -0.2) is 0 Å². The highest BCUT2D eigenvalue weighted by Gasteiger charge is 1.94. The third kappa shape index (κ3) is 12.2. The Bertz CT molecular complexity index is 547. The number of benzene rings is 2. The lowest BCUT2D eigenvalue weighted by Gasteiger charge is -2.02. The van der Waals surface area contributed by atoms with Gasteiger partial charge in [0.15, 0.2) is 0 Å². The van der Waals surface area contributed by atoms with Crippen molar-refractivity contribution in [2.45, 2.75) is 74.7 Å². The van der Waals surface area contributed by atoms with E-state index in [0.717, 1.165) is 5.57 Å². The molecule has 0 aliphatic rings. The Morgan fingerprint density at radius 3 is 1.76 bits per heavy atom. The van der Waals surface area contributed by atoms with Gasteiger partial charge in [0, 0.05) is 0 Å². The van der Waals surface area contributed by atoms with Crippen LogP contribution in [0, 0.1) is 13.8 Å². The maximum atomic E-state index is 3.89. The van der Waals surface area contributed by atoms with Crippen LogP contribution >= 0.6 is 0 Å². The fourth-order valence-electron chi connectivity index (χ4n) is 2.19. The second-order valence-electron chi connectivity index (χ2n) is 5.68. The van der Waals surface area contributed by atoms with Gasteiger partial charge in [-0.25, -0.2) is 0 Å². The number of rotatable bonds is 4. The molecule has 25 heavy (non-hydrogen) atoms. The van der Waals surface area contributed by atoms with E-state index in [0.29, 0.717) is 0 Å². The molecule has 2 rings (SSSR count). The largest absolute Gasteiger partial charge is 0.0955 e. The molecule has 0 aliphatic heterocycles. The predicted molar refractivity (Wildman–Crippen MR) is 118 cm³/mol. The molecule has 0 unspecified atom stereocenters. The highest BCUT2D eigenvalue weighted by molar-refractivity contribution is 5.63. The molecule has 0 aliphatic carbocycles. The van der Waals surface area contributed by atoms with E-state index in [1.54, 1.807) is 0 Å². The van der Waals surface area contributed by atoms with E-state index in [1.807, 2.05) is 46.8 Å². The molecule has 0 heterocycles. The van der Waals surface area contributed by atoms with Crippen LogP contribution in [0.25, 0.3) is 5.57 Å². The molecule has 0 saturated carbocycles. The molecule has 0 nitrogen and oxygen atoms in total. The quantitative estimate of drug-likeness (QED) is 0.524. The van der Waals surface area contributed by atoms with Crippen molar-refractivity contribution >= 4 is 5.57 Å². The molecule has 0 aromatic heterocycles. The maximum Gasteiger partial charge on any atom is -0.0204 e. The molecule has 0 saturated heterocycles. The van der Waals surface area contributed by atoms with Crippen molar-refractivity contribution in [3.8, 4) is 0 Å². The topological polar surface area (TPSA) is 0 Å². The van der Waals surface area contributed by atoms with Gasteiger partial charge in [-0.1, -0.05) is 107 Å². The zero-order valence-corrected chi connectivity index (χ0v) is 17.9. The summed E-state index contributed by atoms with van der Waals surface area (Å²) in [5.74, 6) is 0. The Labute approximate surface area is 158 Å². The Balaban J connectivity index is 0. The second kappa shape index (κ2) is 17.0. The first-order valence-corrected chi connectivity index (χ1v) is 9.81. The Morgan fingerprint density at radius 2 is 1.36 bits per heavy atom. The first-order valence-electron chi connectivity index (χ1n) is 9.81. The summed E-state index contributed by atoms with van der Waals surface area (Å²) in [5.41, 5.74) is 6.53. The van der Waals surface area contributed by atoms with Crippen molar-refractivity contribution in [1.82, 2.24) is 0 Å². The van der Waals surface area contributed by atoms with Crippen LogP contribution in [0.1, 0.15) is 76.6 Å². The Hall–Kier alpha value is -1.82. The molecule has 0 bridgehead atoms. The molecule has 0 heteroatoms. The highest BCUT2D eigenvalue weighted by atomic mass is 14.0. The lowest BCUT2D eigenvalue weighted by Crippen LogP contribution is -1.83. The summed E-state index contributed by atoms with van der Waals surface area (Å²) < 4.78 is 0. The number of hydrogen-bond acceptors (Lipinski definition) is 0. The standard InChI is InChI=1S/C11H16.C10H12.2C2H6/c1-3-4-5-11-8-6-10(2)7-9-11;1-8(2)10-7-5-4-6-9(10)3;2*1-2/h6-9H,3-5H2,1-2H3;4-7H,1H2,2-3H3;2*1-2H3. The van der Waals surface area contributed by atoms with E-state index in [4.69, 9.17) is 0 Å². The van der Waals surface area contributed by atoms with Gasteiger partial charge in [-0.3, -0.25) is 0 Å². The first kappa shape index (κ1) is 25.4. The number of allylic oxidation sites excluding steroid dienone is 1. The second-order valence-corrected chi connectivity index (χ2v) is 5.68. The Kier molecular flexibility index (Phi) is 17.3. The minimum atomic E-state index is 1.14. The van der Waals surface area contributed by atoms with E-state index in [2.05, 4.69) is 63.7 Å². The molecule has 140 valence electrons. The summed E-state index contributed by atoms with van der Waals surface area (Å²) in [6.07, 6.45) is 3.83. The molecule has 0 fully saturated rings. The normalized spacial score (nSPS) is 8.64. The van der Waals surface area contributed by atoms with Gasteiger partial charge in [-0.15, -0.1) is 0 Å². The fourth-order valence-corrected chi connectivity index (χ4v) is 2.19. The summed E-state index contributed by atoms with van der Waals surface area (Å²) in [4.78, 5) is 0. The van der Waals surface area contributed by atoms with Crippen LogP contribution in [0.4, 0.5) is 0 Å². The van der Waals surface area contributed by atoms with E-state index in [-0.39, 0.29) is 0 Å². The summed E-state index contributed by atoms with van der Waals surface area (Å²) in [5, 5.41) is 0. The third-order valence-electron chi connectivity index (χ3n) is 3.54. The fraction of sp³-hybridized carbons (Fsp3) is 0.440. The molecule has 0 N–H and O–H groups in total. The average Bonchev–Trinajstić information content (AvgIpc) is 2.65. The van der Waals surface area contributed by atoms with E-state index >= 15 is 0 Å². The van der Waals surface area contributed by atoms with Gasteiger partial charge < -0.3 is 0 Å². The molecule has 0 radical (unpaired) electrons. The summed E-state index contributed by atoms with van der Waals surface area (Å²) in [7, 11) is 0. The highest BCUT2D eigenvalue weighted by Crippen LogP contribution is 2.15. The van der Waals surface area contributed by atoms with Crippen molar-refractivity contribution < 1.29 is 0 Å². The summed E-state index contributed by atoms with van der Waals surface area (Å²) >= 11 is 0. The van der Waals surface area contributed by atoms with Gasteiger partial charge in [0.25, 0.3) is 0 Å². The van der Waals surface area contributed by atoms with E-state index < -0.39 is 0 Å². The van der Waals surface area contributed by atoms with Crippen molar-refractivity contribution in [1.29, 1.82) is 0 Å². The molecule has 0 amide bonds. The molecule has 0 atom stereocenters. The number of aryl methyl sites for hydroxylation is 3. The van der Waals surface area contributed by atoms with E-state index in [1.165, 1.54) is 41.5 Å². The minimum Gasteiger partial charge on any atom is -0.0955 e. The van der Waals surface area contributed by atoms with Crippen LogP contribution < -0.4 is 0 Å². The summed E-state index contributed by atoms with van der Waals surface area (Å²) in [6.45, 7) is 20.4. The van der Waals surface area contributed by atoms with Crippen molar-refractivity contribution in [3.05, 3.63) is 77.4 Å². The van der Waals surface area contributed by atoms with Gasteiger partial charge in [0.2, 0.25) is 0 Å². The maximum absolute atomic E-state index is 3.89. The third-order valence-corrected chi connectivity index (χ3v) is 3.54. The predicted octanol–water partition coefficient (Wildman–Crippen LogP) is 8.42. The van der Waals surface area contributed by atoms with Crippen LogP contribution in [-0.2, 0) is 6.42 Å². The minimum absolute atomic E-state index is 1.14. The van der Waals surface area contributed by atoms with Crippen molar-refractivity contribution in [3.63, 3.8) is 0 Å². The Morgan fingerprint density at radius 1 is 0.840 bits per heavy atom. The van der Waals surface area contributed by atoms with Gasteiger partial charge in [-0.05, 0) is 50.3 Å². The zero-order chi connectivity index (χ0) is 19.7. The molecule has 2 aromatic rings. The molecular weight excluding hydrogens is 300 g/mol. The monoisotopic (exact) mass is 340 g/mol. The SMILES string of the molecule is C=C(C)c1ccccc1C.CC.CC.CCCCc1ccc(C)cc1. The smallest absolute Gasteiger partial charge is 0.0204 e. The van der Waals surface area contributed by atoms with Crippen molar-refractivity contribution in [2.24, 2.45) is 0 Å². The van der Waals surface area contributed by atoms with Gasteiger partial charge in [-0.2, -0.15) is 0 Å². The van der Waals surface area contributed by atoms with Gasteiger partial charge >= 0.3 is 0 Å². The van der Waals surface area contributed by atoms with Crippen LogP contribution in [0.3, 0.4) is 0 Å². The number of unbranched alkanes of at least 4 members (excludes halogenated alkanes) is 1. The van der Waals surface area contributed by atoms with Gasteiger partial charge in [0.1, 0.15) is 0 Å². The summed E-state index contributed by atoms with van der Waals surface area (Å²) in [6, 6.07) is 17.1. The van der Waals surface area contributed by atoms with Crippen LogP contribution in [0.5, 0.6) is 0 Å². The number of hydrogen-bond donors (Lipinski definition) is 0. The van der Waals surface area contributed by atoms with Gasteiger partial charge in [0.05, 0.1) is 0 Å². The van der Waals surface area contributed by atoms with Crippen LogP contribution in [0.15, 0.2) is 55.1 Å². The lowest BCUT2D eigenvalue weighted by atomic mass is 10.0. The van der Waals surface area contributed by atoms with Crippen molar-refractivity contribution in [2.75, 3.05) is 0 Å². The average molecular weight is 341 g/mol. The zero-order valence-electron chi connectivity index (χ0n) is 17.9. The van der Waals surface area contributed by atoms with Crippen LogP contribution in [0.2, 0.25) is 0 Å². The lowest BCUT2D eigenvalue weighted by molar-refractivity contribution is 0.795.